The van der Waals surface area contributed by atoms with Gasteiger partial charge in [0.05, 0.1) is 0 Å². The van der Waals surface area contributed by atoms with Crippen LogP contribution < -0.4 is 31.8 Å². The summed E-state index contributed by atoms with van der Waals surface area (Å²) < 4.78 is 0.980. The molecule has 1 atom stereocenters. The Morgan fingerprint density at radius 1 is 1.36 bits per heavy atom. The van der Waals surface area contributed by atoms with E-state index < -0.39 is 45.2 Å². The van der Waals surface area contributed by atoms with Crippen LogP contribution in [0.1, 0.15) is 24.5 Å². The van der Waals surface area contributed by atoms with E-state index in [9.17, 15) is 19.2 Å². The molecule has 8 nitrogen and oxygen atoms in total. The minimum absolute atomic E-state index is 0.0901. The molecule has 0 bridgehead atoms. The van der Waals surface area contributed by atoms with E-state index in [4.69, 9.17) is 5.11 Å². The molecule has 136 valence electrons. The number of aliphatic carboxylic acids is 1. The molecule has 0 radical (unpaired) electrons. The molecule has 0 aliphatic carbocycles. The number of aryl methyl sites for hydroxylation is 1. The summed E-state index contributed by atoms with van der Waals surface area (Å²) in [5, 5.41) is 14.4. The van der Waals surface area contributed by atoms with Gasteiger partial charge in [-0.2, -0.15) is 0 Å². The number of alkyl halides is 1. The zero-order valence-corrected chi connectivity index (χ0v) is 16.0. The third-order valence-corrected chi connectivity index (χ3v) is 5.51. The Bertz CT molecular complexity index is 722. The fourth-order valence-corrected chi connectivity index (χ4v) is 3.51. The molecule has 9 heteroatoms. The molecule has 4 amide bonds. The number of anilines is 1. The van der Waals surface area contributed by atoms with Gasteiger partial charge >= 0.3 is 145 Å². The van der Waals surface area contributed by atoms with E-state index in [0.717, 1.165) is 15.6 Å². The van der Waals surface area contributed by atoms with Gasteiger partial charge in [-0.15, -0.1) is 0 Å². The molecule has 25 heavy (non-hydrogen) atoms. The standard InChI is InChI=1S/C16H19IN3O5/c1-3-17-15(24)18-8-10-4-5-11(9(2)6-10)19-16(25)20-12(14(22)23)7-13(20)21/h4-6,12H,3,7-8H2,1-2H3,(H,18,24)(H,19,25)(H,22,23)/q-1/t12-/m0/s1. The van der Waals surface area contributed by atoms with Crippen LogP contribution in [-0.4, -0.2) is 42.3 Å². The number of amides is 4. The Hall–Kier alpha value is -2.17. The van der Waals surface area contributed by atoms with Gasteiger partial charge in [-0.05, 0) is 0 Å². The third-order valence-electron chi connectivity index (χ3n) is 3.67. The van der Waals surface area contributed by atoms with Crippen molar-refractivity contribution in [3.05, 3.63) is 29.3 Å². The number of hydrogen-bond donors (Lipinski definition) is 3. The molecule has 1 aromatic carbocycles. The number of nitrogens with zero attached hydrogens (tertiary/aromatic N) is 1. The molecule has 0 aromatic heterocycles. The number of carboxylic acid groups (broad SMARTS) is 1. The fourth-order valence-electron chi connectivity index (χ4n) is 2.36. The number of urea groups is 1. The van der Waals surface area contributed by atoms with Crippen LogP contribution >= 0.6 is 0 Å². The Morgan fingerprint density at radius 2 is 2.08 bits per heavy atom. The molecule has 0 saturated carbocycles. The SMILES string of the molecule is CC[I-]C(=O)NCc1ccc(NC(=O)N2C(=O)C[C@H]2C(=O)O)c(C)c1. The Balaban J connectivity index is 1.99. The number of carbonyl (C=O) groups is 4. The number of nitrogens with one attached hydrogen (secondary N) is 2. The van der Waals surface area contributed by atoms with Crippen molar-refractivity contribution < 1.29 is 45.5 Å². The number of rotatable bonds is 6. The van der Waals surface area contributed by atoms with E-state index in [1.807, 2.05) is 13.0 Å². The molecule has 0 unspecified atom stereocenters. The number of imide groups is 1. The first kappa shape index (κ1) is 19.2. The Morgan fingerprint density at radius 3 is 2.64 bits per heavy atom. The molecule has 0 spiro atoms. The van der Waals surface area contributed by atoms with Gasteiger partial charge in [-0.3, -0.25) is 0 Å². The van der Waals surface area contributed by atoms with Gasteiger partial charge < -0.3 is 5.11 Å². The van der Waals surface area contributed by atoms with E-state index in [0.29, 0.717) is 17.1 Å². The summed E-state index contributed by atoms with van der Waals surface area (Å²) in [7, 11) is 0. The Labute approximate surface area is 155 Å². The van der Waals surface area contributed by atoms with Gasteiger partial charge in [-0.1, -0.05) is 0 Å². The monoisotopic (exact) mass is 460 g/mol. The Kier molecular flexibility index (Phi) is 6.34. The summed E-state index contributed by atoms with van der Waals surface area (Å²) in [6.45, 7) is 4.18. The van der Waals surface area contributed by atoms with Gasteiger partial charge in [-0.25, -0.2) is 4.79 Å². The second kappa shape index (κ2) is 8.28. The van der Waals surface area contributed by atoms with E-state index in [1.165, 1.54) is 0 Å². The van der Waals surface area contributed by atoms with Crippen molar-refractivity contribution in [2.45, 2.75) is 32.9 Å². The molecule has 1 saturated heterocycles. The summed E-state index contributed by atoms with van der Waals surface area (Å²) in [5.74, 6) is -1.71. The summed E-state index contributed by atoms with van der Waals surface area (Å²) in [5.41, 5.74) is 2.14. The molecule has 1 aromatic rings. The first-order valence-corrected chi connectivity index (χ1v) is 10.3. The second-order valence-corrected chi connectivity index (χ2v) is 8.70. The molecule has 1 heterocycles. The van der Waals surface area contributed by atoms with E-state index in [2.05, 4.69) is 10.6 Å². The van der Waals surface area contributed by atoms with Crippen molar-refractivity contribution >= 4 is 27.5 Å². The fraction of sp³-hybridized carbons (Fsp3) is 0.375. The van der Waals surface area contributed by atoms with Crippen LogP contribution in [0.5, 0.6) is 0 Å². The second-order valence-electron chi connectivity index (χ2n) is 5.43. The predicted octanol–water partition coefficient (Wildman–Crippen LogP) is -1.47. The van der Waals surface area contributed by atoms with Crippen LogP contribution in [0.25, 0.3) is 0 Å². The first-order chi connectivity index (χ1) is 11.8. The molecular weight excluding hydrogens is 441 g/mol. The van der Waals surface area contributed by atoms with E-state index >= 15 is 0 Å². The van der Waals surface area contributed by atoms with Crippen molar-refractivity contribution in [3.63, 3.8) is 0 Å². The number of likely N-dealkylation sites (tertiary alicyclic amines) is 1. The zero-order chi connectivity index (χ0) is 18.6. The summed E-state index contributed by atoms with van der Waals surface area (Å²) in [4.78, 5) is 46.8. The van der Waals surface area contributed by atoms with Crippen molar-refractivity contribution in [3.8, 4) is 0 Å². The van der Waals surface area contributed by atoms with Gasteiger partial charge in [0.1, 0.15) is 0 Å². The van der Waals surface area contributed by atoms with Gasteiger partial charge in [0.2, 0.25) is 0 Å². The van der Waals surface area contributed by atoms with Crippen molar-refractivity contribution in [1.29, 1.82) is 0 Å². The van der Waals surface area contributed by atoms with Crippen LogP contribution in [0.15, 0.2) is 18.2 Å². The molecule has 1 aliphatic heterocycles. The van der Waals surface area contributed by atoms with Gasteiger partial charge in [0.25, 0.3) is 0 Å². The molecule has 2 rings (SSSR count). The summed E-state index contributed by atoms with van der Waals surface area (Å²) in [6.07, 6.45) is -0.166. The summed E-state index contributed by atoms with van der Waals surface area (Å²) >= 11 is -0.469. The molecule has 1 aliphatic rings. The van der Waals surface area contributed by atoms with Gasteiger partial charge in [0, 0.05) is 0 Å². The van der Waals surface area contributed by atoms with Crippen LogP contribution in [0.2, 0.25) is 0 Å². The minimum atomic E-state index is -1.20. The van der Waals surface area contributed by atoms with E-state index in [1.54, 1.807) is 19.1 Å². The van der Waals surface area contributed by atoms with Gasteiger partial charge in [0.15, 0.2) is 0 Å². The average molecular weight is 460 g/mol. The number of halogens is 1. The van der Waals surface area contributed by atoms with Crippen molar-refractivity contribution in [1.82, 2.24) is 10.2 Å². The first-order valence-electron chi connectivity index (χ1n) is 7.65. The van der Waals surface area contributed by atoms with Crippen LogP contribution in [-0.2, 0) is 16.1 Å². The normalized spacial score (nSPS) is 16.3. The molecule has 3 N–H and O–H groups in total. The van der Waals surface area contributed by atoms with Crippen molar-refractivity contribution in [2.75, 3.05) is 9.74 Å². The quantitative estimate of drug-likeness (QED) is 0.158. The predicted molar refractivity (Wildman–Crippen MR) is 85.9 cm³/mol. The van der Waals surface area contributed by atoms with Crippen LogP contribution in [0.4, 0.5) is 15.3 Å². The maximum absolute atomic E-state index is 12.1. The topological polar surface area (TPSA) is 116 Å². The number of carbonyl (C=O) groups excluding carboxylic acids is 3. The number of β-lactam (4-membered cyclic amide) rings is 1. The average Bonchev–Trinajstić information content (AvgIpc) is 2.52. The van der Waals surface area contributed by atoms with Crippen molar-refractivity contribution in [2.24, 2.45) is 0 Å². The maximum atomic E-state index is 12.1. The third kappa shape index (κ3) is 4.68. The number of carboxylic acids is 1. The summed E-state index contributed by atoms with van der Waals surface area (Å²) in [6, 6.07) is 3.40. The number of hydrogen-bond acceptors (Lipinski definition) is 4. The number of benzene rings is 1. The van der Waals surface area contributed by atoms with Crippen LogP contribution in [0.3, 0.4) is 0 Å². The van der Waals surface area contributed by atoms with Crippen LogP contribution in [0, 0.1) is 6.92 Å². The molecular formula is C16H19IN3O5-. The zero-order valence-electron chi connectivity index (χ0n) is 13.8. The van der Waals surface area contributed by atoms with E-state index in [-0.39, 0.29) is 10.3 Å². The molecule has 1 fully saturated rings.